The summed E-state index contributed by atoms with van der Waals surface area (Å²) in [5.74, 6) is 0.943. The summed E-state index contributed by atoms with van der Waals surface area (Å²) in [6, 6.07) is 9.81. The molecule has 0 saturated heterocycles. The first kappa shape index (κ1) is 23.5. The van der Waals surface area contributed by atoms with E-state index in [2.05, 4.69) is 18.1 Å². The number of sulfonamides is 1. The Morgan fingerprint density at radius 3 is 2.69 bits per heavy atom. The minimum absolute atomic E-state index is 0.0787. The van der Waals surface area contributed by atoms with Crippen molar-refractivity contribution in [2.75, 3.05) is 13.1 Å². The summed E-state index contributed by atoms with van der Waals surface area (Å²) < 4.78 is 48.9. The van der Waals surface area contributed by atoms with Gasteiger partial charge < -0.3 is 4.42 Å². The average molecular weight is 495 g/mol. The molecule has 1 saturated carbocycles. The molecule has 0 aliphatic heterocycles. The first-order valence-electron chi connectivity index (χ1n) is 11.7. The molecule has 3 aromatic rings. The van der Waals surface area contributed by atoms with Crippen LogP contribution in [0.1, 0.15) is 48.5 Å². The SMILES string of the molecule is Cc1cc(S(=O)(=O)N(CC#N)C[C@@H]2CCC3=Cc4c(cnn4-c4ccc(F)cc4)[C@H](C)[C@@H]32)c(C)o1. The van der Waals surface area contributed by atoms with E-state index in [0.717, 1.165) is 29.8 Å². The van der Waals surface area contributed by atoms with Gasteiger partial charge in [-0.3, -0.25) is 0 Å². The minimum Gasteiger partial charge on any atom is -0.465 e. The Hall–Kier alpha value is -3.22. The number of nitrogens with zero attached hydrogens (tertiary/aromatic N) is 4. The van der Waals surface area contributed by atoms with Crippen molar-refractivity contribution in [2.24, 2.45) is 11.8 Å². The van der Waals surface area contributed by atoms with Crippen molar-refractivity contribution in [3.8, 4) is 11.8 Å². The average Bonchev–Trinajstić information content (AvgIpc) is 3.51. The van der Waals surface area contributed by atoms with Crippen LogP contribution in [-0.4, -0.2) is 35.6 Å². The molecule has 2 aliphatic carbocycles. The van der Waals surface area contributed by atoms with Crippen molar-refractivity contribution in [2.45, 2.75) is 44.4 Å². The van der Waals surface area contributed by atoms with Crippen molar-refractivity contribution in [3.05, 3.63) is 70.7 Å². The van der Waals surface area contributed by atoms with Crippen LogP contribution in [0, 0.1) is 42.8 Å². The van der Waals surface area contributed by atoms with E-state index in [0.29, 0.717) is 11.5 Å². The summed E-state index contributed by atoms with van der Waals surface area (Å²) in [5, 5.41) is 14.0. The van der Waals surface area contributed by atoms with Crippen LogP contribution in [-0.2, 0) is 10.0 Å². The Morgan fingerprint density at radius 1 is 1.29 bits per heavy atom. The lowest BCUT2D eigenvalue weighted by molar-refractivity contribution is 0.296. The van der Waals surface area contributed by atoms with E-state index < -0.39 is 10.0 Å². The molecule has 3 atom stereocenters. The van der Waals surface area contributed by atoms with Gasteiger partial charge in [-0.2, -0.15) is 14.7 Å². The van der Waals surface area contributed by atoms with Crippen LogP contribution >= 0.6 is 0 Å². The second-order valence-electron chi connectivity index (χ2n) is 9.44. The van der Waals surface area contributed by atoms with Crippen molar-refractivity contribution in [3.63, 3.8) is 0 Å². The van der Waals surface area contributed by atoms with Gasteiger partial charge in [0.05, 0.1) is 23.6 Å². The van der Waals surface area contributed by atoms with Gasteiger partial charge in [0.15, 0.2) is 0 Å². The molecule has 0 N–H and O–H groups in total. The number of allylic oxidation sites excluding steroid dienone is 1. The maximum absolute atomic E-state index is 13.4. The number of rotatable bonds is 6. The largest absolute Gasteiger partial charge is 0.465 e. The first-order valence-corrected chi connectivity index (χ1v) is 13.1. The lowest BCUT2D eigenvalue weighted by Gasteiger charge is -2.32. The molecule has 2 aliphatic rings. The van der Waals surface area contributed by atoms with E-state index in [1.54, 1.807) is 26.0 Å². The van der Waals surface area contributed by atoms with E-state index in [1.807, 2.05) is 16.9 Å². The fourth-order valence-electron chi connectivity index (χ4n) is 5.72. The molecule has 35 heavy (non-hydrogen) atoms. The molecule has 1 fully saturated rings. The maximum atomic E-state index is 13.4. The Morgan fingerprint density at radius 2 is 2.03 bits per heavy atom. The van der Waals surface area contributed by atoms with Crippen LogP contribution in [0.25, 0.3) is 11.8 Å². The molecule has 182 valence electrons. The number of aryl methyl sites for hydroxylation is 2. The minimum atomic E-state index is -3.86. The van der Waals surface area contributed by atoms with E-state index in [-0.39, 0.29) is 41.6 Å². The highest BCUT2D eigenvalue weighted by Crippen LogP contribution is 2.50. The zero-order chi connectivity index (χ0) is 24.9. The summed E-state index contributed by atoms with van der Waals surface area (Å²) in [5.41, 5.74) is 4.14. The monoisotopic (exact) mass is 494 g/mol. The quantitative estimate of drug-likeness (QED) is 0.452. The zero-order valence-electron chi connectivity index (χ0n) is 19.9. The van der Waals surface area contributed by atoms with E-state index in [1.165, 1.54) is 28.1 Å². The van der Waals surface area contributed by atoms with Crippen molar-refractivity contribution < 1.29 is 17.2 Å². The summed E-state index contributed by atoms with van der Waals surface area (Å²) in [7, 11) is -3.86. The molecule has 0 unspecified atom stereocenters. The normalized spacial score (nSPS) is 21.5. The topological polar surface area (TPSA) is 92.1 Å². The van der Waals surface area contributed by atoms with Gasteiger partial charge in [0.25, 0.3) is 0 Å². The van der Waals surface area contributed by atoms with E-state index in [4.69, 9.17) is 4.42 Å². The van der Waals surface area contributed by atoms with Crippen molar-refractivity contribution in [1.82, 2.24) is 14.1 Å². The van der Waals surface area contributed by atoms with Gasteiger partial charge in [-0.25, -0.2) is 17.5 Å². The Labute approximate surface area is 204 Å². The van der Waals surface area contributed by atoms with Crippen LogP contribution < -0.4 is 0 Å². The van der Waals surface area contributed by atoms with Gasteiger partial charge in [0.2, 0.25) is 10.0 Å². The van der Waals surface area contributed by atoms with E-state index >= 15 is 0 Å². The second-order valence-corrected chi connectivity index (χ2v) is 11.3. The maximum Gasteiger partial charge on any atom is 0.247 e. The predicted octanol–water partition coefficient (Wildman–Crippen LogP) is 4.96. The molecule has 9 heteroatoms. The molecule has 0 spiro atoms. The number of hydrogen-bond donors (Lipinski definition) is 0. The van der Waals surface area contributed by atoms with Crippen molar-refractivity contribution >= 4 is 16.1 Å². The third-order valence-corrected chi connectivity index (χ3v) is 9.22. The molecular formula is C26H27FN4O3S. The number of benzene rings is 1. The number of furan rings is 1. The number of hydrogen-bond acceptors (Lipinski definition) is 5. The smallest absolute Gasteiger partial charge is 0.247 e. The Balaban J connectivity index is 1.44. The molecular weight excluding hydrogens is 467 g/mol. The second kappa shape index (κ2) is 8.77. The highest BCUT2D eigenvalue weighted by atomic mass is 32.2. The fourth-order valence-corrected chi connectivity index (χ4v) is 7.33. The van der Waals surface area contributed by atoms with Gasteiger partial charge in [-0.05, 0) is 80.9 Å². The highest BCUT2D eigenvalue weighted by Gasteiger charge is 2.42. The Kier molecular flexibility index (Phi) is 5.90. The molecule has 0 amide bonds. The number of halogens is 1. The molecule has 1 aromatic carbocycles. The third-order valence-electron chi connectivity index (χ3n) is 7.30. The van der Waals surface area contributed by atoms with Gasteiger partial charge in [0.1, 0.15) is 28.8 Å². The molecule has 2 heterocycles. The fraction of sp³-hybridized carbons (Fsp3) is 0.385. The summed E-state index contributed by atoms with van der Waals surface area (Å²) in [6.45, 7) is 5.55. The molecule has 0 radical (unpaired) electrons. The van der Waals surface area contributed by atoms with E-state index in [9.17, 15) is 18.1 Å². The molecule has 5 rings (SSSR count). The lowest BCUT2D eigenvalue weighted by Crippen LogP contribution is -2.38. The van der Waals surface area contributed by atoms with Gasteiger partial charge >= 0.3 is 0 Å². The standard InChI is InChI=1S/C26H27FN4O3S/c1-16-12-25(18(3)34-16)35(32,33)30(11-10-28)15-20-5-4-19-13-24-23(17(2)26(19)20)14-29-31(24)22-8-6-21(27)7-9-22/h6-9,12-14,17,20,26H,4-5,11,15H2,1-3H3/t17-,20-,26-/m0/s1. The van der Waals surface area contributed by atoms with Gasteiger partial charge in [0, 0.05) is 12.1 Å². The summed E-state index contributed by atoms with van der Waals surface area (Å²) in [4.78, 5) is 0.124. The summed E-state index contributed by atoms with van der Waals surface area (Å²) in [6.07, 6.45) is 5.71. The number of fused-ring (bicyclic) bond motifs is 2. The molecule has 0 bridgehead atoms. The van der Waals surface area contributed by atoms with Gasteiger partial charge in [-0.15, -0.1) is 0 Å². The lowest BCUT2D eigenvalue weighted by atomic mass is 9.75. The van der Waals surface area contributed by atoms with Crippen LogP contribution in [0.15, 0.2) is 51.4 Å². The summed E-state index contributed by atoms with van der Waals surface area (Å²) >= 11 is 0. The third kappa shape index (κ3) is 4.01. The van der Waals surface area contributed by atoms with Crippen LogP contribution in [0.4, 0.5) is 4.39 Å². The van der Waals surface area contributed by atoms with Crippen LogP contribution in [0.2, 0.25) is 0 Å². The first-order chi connectivity index (χ1) is 16.7. The van der Waals surface area contributed by atoms with Gasteiger partial charge in [-0.1, -0.05) is 12.5 Å². The zero-order valence-corrected chi connectivity index (χ0v) is 20.7. The number of nitriles is 1. The molecule has 7 nitrogen and oxygen atoms in total. The van der Waals surface area contributed by atoms with Crippen LogP contribution in [0.3, 0.4) is 0 Å². The number of aromatic nitrogens is 2. The predicted molar refractivity (Wildman–Crippen MR) is 129 cm³/mol. The highest BCUT2D eigenvalue weighted by molar-refractivity contribution is 7.89. The van der Waals surface area contributed by atoms with Crippen LogP contribution in [0.5, 0.6) is 0 Å². The Bertz CT molecular complexity index is 1450. The molecule has 2 aromatic heterocycles. The van der Waals surface area contributed by atoms with Crippen molar-refractivity contribution in [1.29, 1.82) is 5.26 Å².